The summed E-state index contributed by atoms with van der Waals surface area (Å²) in [4.78, 5) is 23.3. The van der Waals surface area contributed by atoms with Crippen LogP contribution in [0.3, 0.4) is 0 Å². The molecule has 0 unspecified atom stereocenters. The standard InChI is InChI=1S/C12H11N3O4/c1-6(12(17)18)15-11(16)9-5-10-8(3-4-19-10)14(9)7(2)13-15/h3-6H,1-2H3,(H,17,18)/t6-/m0/s1. The van der Waals surface area contributed by atoms with Gasteiger partial charge in [-0.3, -0.25) is 9.20 Å². The van der Waals surface area contributed by atoms with Gasteiger partial charge in [-0.25, -0.2) is 9.48 Å². The van der Waals surface area contributed by atoms with Crippen LogP contribution in [0.4, 0.5) is 0 Å². The second-order valence-corrected chi connectivity index (χ2v) is 4.35. The highest BCUT2D eigenvalue weighted by molar-refractivity contribution is 5.82. The number of aliphatic carboxylic acids is 1. The summed E-state index contributed by atoms with van der Waals surface area (Å²) in [5, 5.41) is 13.1. The van der Waals surface area contributed by atoms with E-state index in [2.05, 4.69) is 5.10 Å². The molecular formula is C12H11N3O4. The fourth-order valence-electron chi connectivity index (χ4n) is 2.16. The topological polar surface area (TPSA) is 89.7 Å². The molecule has 0 radical (unpaired) electrons. The number of fused-ring (bicyclic) bond motifs is 3. The van der Waals surface area contributed by atoms with Gasteiger partial charge < -0.3 is 9.52 Å². The van der Waals surface area contributed by atoms with Crippen LogP contribution in [0.5, 0.6) is 0 Å². The Morgan fingerprint density at radius 2 is 2.21 bits per heavy atom. The molecule has 3 aromatic heterocycles. The number of carboxylic acid groups (broad SMARTS) is 1. The maximum Gasteiger partial charge on any atom is 0.328 e. The molecule has 0 saturated carbocycles. The Hall–Kier alpha value is -2.57. The summed E-state index contributed by atoms with van der Waals surface area (Å²) in [6.45, 7) is 3.13. The van der Waals surface area contributed by atoms with Gasteiger partial charge in [0, 0.05) is 12.1 Å². The summed E-state index contributed by atoms with van der Waals surface area (Å²) in [5.41, 5.74) is 1.22. The minimum absolute atomic E-state index is 0.356. The highest BCUT2D eigenvalue weighted by Crippen LogP contribution is 2.20. The maximum atomic E-state index is 12.3. The van der Waals surface area contributed by atoms with Crippen molar-refractivity contribution in [1.29, 1.82) is 0 Å². The summed E-state index contributed by atoms with van der Waals surface area (Å²) in [6, 6.07) is 2.32. The highest BCUT2D eigenvalue weighted by atomic mass is 16.4. The number of hydrogen-bond acceptors (Lipinski definition) is 4. The summed E-state index contributed by atoms with van der Waals surface area (Å²) < 4.78 is 7.88. The van der Waals surface area contributed by atoms with Crippen molar-refractivity contribution in [2.75, 3.05) is 0 Å². The fraction of sp³-hybridized carbons (Fsp3) is 0.250. The molecule has 7 heteroatoms. The number of aryl methyl sites for hydroxylation is 1. The van der Waals surface area contributed by atoms with Gasteiger partial charge in [0.05, 0.1) is 11.8 Å². The Bertz CT molecular complexity index is 855. The van der Waals surface area contributed by atoms with Gasteiger partial charge >= 0.3 is 5.97 Å². The second kappa shape index (κ2) is 3.71. The van der Waals surface area contributed by atoms with Crippen molar-refractivity contribution in [2.24, 2.45) is 0 Å². The second-order valence-electron chi connectivity index (χ2n) is 4.35. The van der Waals surface area contributed by atoms with Crippen molar-refractivity contribution in [2.45, 2.75) is 19.9 Å². The van der Waals surface area contributed by atoms with E-state index in [1.54, 1.807) is 23.5 Å². The van der Waals surface area contributed by atoms with E-state index in [1.165, 1.54) is 13.2 Å². The van der Waals surface area contributed by atoms with E-state index in [1.807, 2.05) is 0 Å². The van der Waals surface area contributed by atoms with E-state index in [-0.39, 0.29) is 0 Å². The van der Waals surface area contributed by atoms with Gasteiger partial charge in [-0.2, -0.15) is 5.10 Å². The lowest BCUT2D eigenvalue weighted by Gasteiger charge is -2.11. The molecule has 3 aromatic rings. The van der Waals surface area contributed by atoms with Gasteiger partial charge in [0.15, 0.2) is 11.6 Å². The van der Waals surface area contributed by atoms with Crippen LogP contribution in [0.15, 0.2) is 27.6 Å². The largest absolute Gasteiger partial charge is 0.480 e. The lowest BCUT2D eigenvalue weighted by molar-refractivity contribution is -0.140. The third kappa shape index (κ3) is 1.48. The molecule has 1 N–H and O–H groups in total. The molecule has 0 aliphatic carbocycles. The van der Waals surface area contributed by atoms with Gasteiger partial charge in [0.1, 0.15) is 11.3 Å². The van der Waals surface area contributed by atoms with Gasteiger partial charge in [0.2, 0.25) is 0 Å². The Labute approximate surface area is 106 Å². The molecule has 1 atom stereocenters. The number of carboxylic acids is 1. The number of furan rings is 1. The predicted octanol–water partition coefficient (Wildman–Crippen LogP) is 1.20. The summed E-state index contributed by atoms with van der Waals surface area (Å²) in [5.74, 6) is -0.576. The minimum atomic E-state index is -1.10. The maximum absolute atomic E-state index is 12.3. The van der Waals surface area contributed by atoms with Crippen molar-refractivity contribution < 1.29 is 14.3 Å². The van der Waals surface area contributed by atoms with Crippen molar-refractivity contribution in [3.05, 3.63) is 34.6 Å². The zero-order chi connectivity index (χ0) is 13.7. The number of carbonyl (C=O) groups is 1. The van der Waals surface area contributed by atoms with Crippen LogP contribution in [0, 0.1) is 6.92 Å². The zero-order valence-electron chi connectivity index (χ0n) is 10.3. The average molecular weight is 261 g/mol. The molecule has 98 valence electrons. The van der Waals surface area contributed by atoms with Gasteiger partial charge in [-0.1, -0.05) is 0 Å². The van der Waals surface area contributed by atoms with Crippen LogP contribution in [0.25, 0.3) is 16.6 Å². The molecule has 0 aliphatic heterocycles. The molecule has 0 amide bonds. The van der Waals surface area contributed by atoms with Crippen LogP contribution in [0.2, 0.25) is 0 Å². The molecule has 3 heterocycles. The van der Waals surface area contributed by atoms with Crippen LogP contribution in [-0.2, 0) is 4.79 Å². The number of aromatic nitrogens is 3. The normalized spacial score (nSPS) is 13.2. The monoisotopic (exact) mass is 261 g/mol. The zero-order valence-corrected chi connectivity index (χ0v) is 10.3. The SMILES string of the molecule is Cc1nn([C@@H](C)C(=O)O)c(=O)c2cc3occc3n12. The van der Waals surface area contributed by atoms with E-state index >= 15 is 0 Å². The molecule has 0 spiro atoms. The van der Waals surface area contributed by atoms with Crippen LogP contribution in [0.1, 0.15) is 18.8 Å². The molecule has 3 rings (SSSR count). The minimum Gasteiger partial charge on any atom is -0.480 e. The molecule has 19 heavy (non-hydrogen) atoms. The van der Waals surface area contributed by atoms with Gasteiger partial charge in [-0.15, -0.1) is 0 Å². The molecule has 0 bridgehead atoms. The quantitative estimate of drug-likeness (QED) is 0.748. The third-order valence-electron chi connectivity index (χ3n) is 3.15. The fourth-order valence-corrected chi connectivity index (χ4v) is 2.16. The predicted molar refractivity (Wildman–Crippen MR) is 66.3 cm³/mol. The highest BCUT2D eigenvalue weighted by Gasteiger charge is 2.20. The Kier molecular flexibility index (Phi) is 2.25. The smallest absolute Gasteiger partial charge is 0.328 e. The number of nitrogens with zero attached hydrogens (tertiary/aromatic N) is 3. The van der Waals surface area contributed by atoms with Gasteiger partial charge in [-0.05, 0) is 13.8 Å². The van der Waals surface area contributed by atoms with E-state index < -0.39 is 17.6 Å². The first-order valence-electron chi connectivity index (χ1n) is 5.71. The lowest BCUT2D eigenvalue weighted by atomic mass is 10.3. The van der Waals surface area contributed by atoms with Crippen LogP contribution in [-0.4, -0.2) is 25.3 Å². The summed E-state index contributed by atoms with van der Waals surface area (Å²) >= 11 is 0. The molecule has 7 nitrogen and oxygen atoms in total. The lowest BCUT2D eigenvalue weighted by Crippen LogP contribution is -2.32. The number of hydrogen-bond donors (Lipinski definition) is 1. The Morgan fingerprint density at radius 3 is 2.89 bits per heavy atom. The van der Waals surface area contributed by atoms with Crippen LogP contribution < -0.4 is 5.56 Å². The first kappa shape index (κ1) is 11.5. The Morgan fingerprint density at radius 1 is 1.47 bits per heavy atom. The third-order valence-corrected chi connectivity index (χ3v) is 3.15. The van der Waals surface area contributed by atoms with E-state index in [4.69, 9.17) is 9.52 Å². The molecule has 0 aromatic carbocycles. The molecule has 0 saturated heterocycles. The molecular weight excluding hydrogens is 250 g/mol. The van der Waals surface area contributed by atoms with Crippen LogP contribution >= 0.6 is 0 Å². The van der Waals surface area contributed by atoms with E-state index in [0.29, 0.717) is 16.9 Å². The average Bonchev–Trinajstić information content (AvgIpc) is 2.92. The summed E-state index contributed by atoms with van der Waals surface area (Å²) in [6.07, 6.45) is 1.53. The summed E-state index contributed by atoms with van der Waals surface area (Å²) in [7, 11) is 0. The van der Waals surface area contributed by atoms with Crippen molar-refractivity contribution in [1.82, 2.24) is 14.2 Å². The number of rotatable bonds is 2. The van der Waals surface area contributed by atoms with Crippen molar-refractivity contribution in [3.8, 4) is 0 Å². The van der Waals surface area contributed by atoms with Crippen molar-refractivity contribution >= 4 is 22.6 Å². The van der Waals surface area contributed by atoms with Gasteiger partial charge in [0.25, 0.3) is 5.56 Å². The molecule has 0 fully saturated rings. The molecule has 0 aliphatic rings. The van der Waals surface area contributed by atoms with Crippen molar-refractivity contribution in [3.63, 3.8) is 0 Å². The first-order valence-corrected chi connectivity index (χ1v) is 5.71. The van der Waals surface area contributed by atoms with E-state index in [9.17, 15) is 9.59 Å². The Balaban J connectivity index is 2.43. The van der Waals surface area contributed by atoms with E-state index in [0.717, 1.165) is 10.2 Å². The first-order chi connectivity index (χ1) is 9.00.